The first kappa shape index (κ1) is 56.0. The van der Waals surface area contributed by atoms with Crippen LogP contribution in [0.3, 0.4) is 0 Å². The molecule has 3 aromatic rings. The summed E-state index contributed by atoms with van der Waals surface area (Å²) in [7, 11) is 0. The van der Waals surface area contributed by atoms with Gasteiger partial charge in [0.15, 0.2) is 0 Å². The van der Waals surface area contributed by atoms with Gasteiger partial charge in [-0.3, -0.25) is 0 Å². The van der Waals surface area contributed by atoms with Gasteiger partial charge in [-0.25, -0.2) is 0 Å². The second kappa shape index (κ2) is 26.8. The summed E-state index contributed by atoms with van der Waals surface area (Å²) in [6.07, 6.45) is 27.1. The Morgan fingerprint density at radius 1 is 0.479 bits per heavy atom. The van der Waals surface area contributed by atoms with E-state index in [0.717, 1.165) is 69.0 Å². The maximum atomic E-state index is 11.7. The normalized spacial score (nSPS) is 34.5. The molecule has 9 nitrogen and oxygen atoms in total. The first-order chi connectivity index (χ1) is 35.3. The number of aliphatic hydroxyl groups is 3. The maximum absolute atomic E-state index is 11.7. The van der Waals surface area contributed by atoms with Crippen LogP contribution in [-0.4, -0.2) is 127 Å². The van der Waals surface area contributed by atoms with Crippen molar-refractivity contribution in [3.8, 4) is 0 Å². The Balaban J connectivity index is 0.000000137. The number of hydrogen-bond acceptors (Lipinski definition) is 9. The number of benzene rings is 3. The van der Waals surface area contributed by atoms with Crippen LogP contribution in [0.15, 0.2) is 91.0 Å². The summed E-state index contributed by atoms with van der Waals surface area (Å²) in [5.74, 6) is 3.45. The molecule has 0 radical (unpaired) electrons. The summed E-state index contributed by atoms with van der Waals surface area (Å²) in [6.45, 7) is 12.3. The van der Waals surface area contributed by atoms with Crippen molar-refractivity contribution in [2.45, 2.75) is 170 Å². The molecule has 3 aliphatic carbocycles. The number of epoxide rings is 1. The Bertz CT molecular complexity index is 1940. The predicted molar refractivity (Wildman–Crippen MR) is 289 cm³/mol. The molecule has 3 saturated carbocycles. The molecule has 0 aromatic heterocycles. The standard InChI is InChI=1S/2C21H31NO2.C14H18O.C7H13NO.Na.H/c2*23-21(18-7-3-1-4-8-18,19-9-5-2-6-10-19)16-24-20-15-22-13-11-17(20)12-14-22;1-3-7-12(8-4-1)14(11-15-14)13-9-5-2-6-10-13;9-7-5-8-3-1-6(7)2-4-8;;/h2*1,3-4,7-8,17,19-20,23H,2,5-6,9-16H2;1,3-4,7-8,13H,2,5-6,9-11H2;6-7,9H,1-5H2;;/q;;;;+1;-1. The minimum absolute atomic E-state index is 0. The van der Waals surface area contributed by atoms with Crippen LogP contribution < -0.4 is 29.6 Å². The third-order valence-corrected chi connectivity index (χ3v) is 19.9. The molecule has 10 heterocycles. The van der Waals surface area contributed by atoms with Gasteiger partial charge in [0, 0.05) is 19.6 Å². The predicted octanol–water partition coefficient (Wildman–Crippen LogP) is 7.81. The summed E-state index contributed by atoms with van der Waals surface area (Å²) >= 11 is 0. The van der Waals surface area contributed by atoms with Crippen molar-refractivity contribution in [1.29, 1.82) is 0 Å². The van der Waals surface area contributed by atoms with Crippen LogP contribution in [0.1, 0.15) is 153 Å². The van der Waals surface area contributed by atoms with Gasteiger partial charge in [-0.05, 0) is 169 Å². The van der Waals surface area contributed by atoms with Crippen LogP contribution in [0, 0.1) is 35.5 Å². The van der Waals surface area contributed by atoms with Crippen molar-refractivity contribution in [2.24, 2.45) is 35.5 Å². The van der Waals surface area contributed by atoms with E-state index in [1.54, 1.807) is 0 Å². The van der Waals surface area contributed by atoms with Crippen molar-refractivity contribution >= 4 is 0 Å². The zero-order valence-electron chi connectivity index (χ0n) is 46.1. The molecule has 10 heteroatoms. The van der Waals surface area contributed by atoms with Crippen molar-refractivity contribution in [3.63, 3.8) is 0 Å². The summed E-state index contributed by atoms with van der Waals surface area (Å²) in [5, 5.41) is 32.7. The van der Waals surface area contributed by atoms with E-state index in [0.29, 0.717) is 55.0 Å². The summed E-state index contributed by atoms with van der Waals surface area (Å²) in [5.41, 5.74) is 1.94. The minimum atomic E-state index is -0.826. The molecule has 398 valence electrons. The van der Waals surface area contributed by atoms with Gasteiger partial charge in [0.05, 0.1) is 38.1 Å². The second-order valence-electron chi connectivity index (χ2n) is 24.3. The van der Waals surface area contributed by atoms with E-state index in [4.69, 9.17) is 14.2 Å². The van der Waals surface area contributed by atoms with E-state index in [9.17, 15) is 15.3 Å². The first-order valence-corrected chi connectivity index (χ1v) is 29.6. The number of rotatable bonds is 12. The van der Waals surface area contributed by atoms with Crippen LogP contribution in [0.5, 0.6) is 0 Å². The first-order valence-electron chi connectivity index (χ1n) is 29.6. The average Bonchev–Trinajstić information content (AvgIpc) is 4.29. The molecule has 13 aliphatic rings. The SMILES string of the molecule is OC(COC1CN2CCC1CC2)(c1ccccc1)C1CCCCC1.OC(COC1CN2CCC1CC2)(c1ccccc1)C1CCCCC1.OC1CN2CCC1CC2.[H-].[Na+].c1ccc(C2(C3CCCCC3)CO2)cc1. The molecule has 6 atom stereocenters. The van der Waals surface area contributed by atoms with Crippen molar-refractivity contribution in [2.75, 3.05) is 78.7 Å². The van der Waals surface area contributed by atoms with Crippen molar-refractivity contribution < 1.29 is 60.5 Å². The largest absolute Gasteiger partial charge is 1.00 e. The van der Waals surface area contributed by atoms with Gasteiger partial charge in [-0.1, -0.05) is 149 Å². The van der Waals surface area contributed by atoms with E-state index in [-0.39, 0.29) is 42.7 Å². The van der Waals surface area contributed by atoms with Crippen LogP contribution in [0.4, 0.5) is 0 Å². The monoisotopic (exact) mass is 1010 g/mol. The number of aliphatic hydroxyl groups excluding tert-OH is 1. The van der Waals surface area contributed by atoms with Gasteiger partial charge in [0.1, 0.15) is 16.8 Å². The van der Waals surface area contributed by atoms with Crippen LogP contribution in [-0.2, 0) is 31.0 Å². The van der Waals surface area contributed by atoms with Crippen LogP contribution >= 0.6 is 0 Å². The Kier molecular flexibility index (Phi) is 20.5. The third-order valence-electron chi connectivity index (χ3n) is 19.9. The minimum Gasteiger partial charge on any atom is -1.00 e. The quantitative estimate of drug-likeness (QED) is 0.124. The smallest absolute Gasteiger partial charge is 1.00 e. The van der Waals surface area contributed by atoms with Gasteiger partial charge in [-0.2, -0.15) is 0 Å². The van der Waals surface area contributed by atoms with Gasteiger partial charge in [-0.15, -0.1) is 0 Å². The Labute approximate surface area is 464 Å². The Hall–Kier alpha value is -1.70. The van der Waals surface area contributed by atoms with Gasteiger partial charge in [0.2, 0.25) is 0 Å². The van der Waals surface area contributed by atoms with E-state index in [1.807, 2.05) is 36.4 Å². The van der Waals surface area contributed by atoms with E-state index < -0.39 is 11.2 Å². The zero-order valence-corrected chi connectivity index (χ0v) is 47.1. The topological polar surface area (TPSA) is 101 Å². The fraction of sp³-hybridized carbons (Fsp3) is 0.714. The molecule has 73 heavy (non-hydrogen) atoms. The molecule has 6 unspecified atom stereocenters. The number of fused-ring (bicyclic) bond motifs is 9. The molecule has 10 saturated heterocycles. The molecular formula is C63H94N3NaO6. The Morgan fingerprint density at radius 2 is 0.836 bits per heavy atom. The average molecular weight is 1010 g/mol. The van der Waals surface area contributed by atoms with Crippen LogP contribution in [0.2, 0.25) is 0 Å². The number of piperidine rings is 9. The molecule has 10 aliphatic heterocycles. The third kappa shape index (κ3) is 14.0. The second-order valence-corrected chi connectivity index (χ2v) is 24.3. The maximum Gasteiger partial charge on any atom is 1.00 e. The van der Waals surface area contributed by atoms with E-state index in [2.05, 4.69) is 69.3 Å². The number of nitrogens with zero attached hydrogens (tertiary/aromatic N) is 3. The van der Waals surface area contributed by atoms with Gasteiger partial charge >= 0.3 is 29.6 Å². The van der Waals surface area contributed by atoms with Crippen molar-refractivity contribution in [1.82, 2.24) is 14.7 Å². The van der Waals surface area contributed by atoms with E-state index in [1.165, 1.54) is 154 Å². The molecule has 0 amide bonds. The molecule has 6 bridgehead atoms. The van der Waals surface area contributed by atoms with Crippen molar-refractivity contribution in [3.05, 3.63) is 108 Å². The summed E-state index contributed by atoms with van der Waals surface area (Å²) in [4.78, 5) is 7.39. The molecule has 16 rings (SSSR count). The fourth-order valence-electron chi connectivity index (χ4n) is 15.1. The molecule has 3 N–H and O–H groups in total. The number of ether oxygens (including phenoxy) is 3. The fourth-order valence-corrected chi connectivity index (χ4v) is 15.1. The molecular weight excluding hydrogens is 918 g/mol. The molecule has 0 spiro atoms. The Morgan fingerprint density at radius 3 is 1.15 bits per heavy atom. The summed E-state index contributed by atoms with van der Waals surface area (Å²) in [6, 6.07) is 31.3. The van der Waals surface area contributed by atoms with Crippen LogP contribution in [0.25, 0.3) is 0 Å². The summed E-state index contributed by atoms with van der Waals surface area (Å²) < 4.78 is 18.6. The van der Waals surface area contributed by atoms with Gasteiger partial charge < -0.3 is 45.7 Å². The number of hydrogen-bond donors (Lipinski definition) is 3. The van der Waals surface area contributed by atoms with E-state index >= 15 is 0 Å². The molecule has 13 fully saturated rings. The van der Waals surface area contributed by atoms with Gasteiger partial charge in [0.25, 0.3) is 0 Å². The zero-order chi connectivity index (χ0) is 49.2. The molecule has 3 aromatic carbocycles.